The Morgan fingerprint density at radius 1 is 0.850 bits per heavy atom. The molecule has 0 aliphatic carbocycles. The van der Waals surface area contributed by atoms with Crippen LogP contribution in [0.5, 0.6) is 0 Å². The molecule has 0 radical (unpaired) electrons. The quantitative estimate of drug-likeness (QED) is 0.655. The number of allylic oxidation sites excluding steroid dienone is 3. The van der Waals surface area contributed by atoms with Crippen LogP contribution in [-0.4, -0.2) is 6.21 Å². The van der Waals surface area contributed by atoms with E-state index in [2.05, 4.69) is 59.6 Å². The standard InChI is InChI=1S/C18H13NS/c1-3-7-17-15(5-1)13-9-11-19-12-10-14(13)16-6-2-4-8-18(16)20-17/h1-9,11-12H,10H2. The monoisotopic (exact) mass is 275 g/mol. The second-order valence-corrected chi connectivity index (χ2v) is 5.92. The van der Waals surface area contributed by atoms with Gasteiger partial charge in [0, 0.05) is 28.6 Å². The van der Waals surface area contributed by atoms with E-state index in [0.717, 1.165) is 6.42 Å². The van der Waals surface area contributed by atoms with Crippen LogP contribution in [0.2, 0.25) is 0 Å². The molecule has 0 bridgehead atoms. The van der Waals surface area contributed by atoms with Gasteiger partial charge in [-0.05, 0) is 40.5 Å². The van der Waals surface area contributed by atoms with Crippen LogP contribution in [0.3, 0.4) is 0 Å². The second-order valence-electron chi connectivity index (χ2n) is 4.84. The maximum Gasteiger partial charge on any atom is 0.0270 e. The lowest BCUT2D eigenvalue weighted by atomic mass is 9.93. The first-order valence-corrected chi connectivity index (χ1v) is 7.53. The Morgan fingerprint density at radius 2 is 1.55 bits per heavy atom. The summed E-state index contributed by atoms with van der Waals surface area (Å²) in [4.78, 5) is 6.96. The van der Waals surface area contributed by atoms with E-state index in [1.165, 1.54) is 32.1 Å². The molecule has 0 spiro atoms. The average molecular weight is 275 g/mol. The molecule has 2 aromatic rings. The van der Waals surface area contributed by atoms with Crippen molar-refractivity contribution in [1.29, 1.82) is 0 Å². The van der Waals surface area contributed by atoms with E-state index >= 15 is 0 Å². The molecule has 0 N–H and O–H groups in total. The SMILES string of the molecule is C1=CC2=C(CC=N1)c1ccccc1Sc1ccccc12. The zero-order valence-electron chi connectivity index (χ0n) is 10.9. The molecule has 20 heavy (non-hydrogen) atoms. The number of aliphatic imine (C=N–C) groups is 1. The summed E-state index contributed by atoms with van der Waals surface area (Å²) in [6.45, 7) is 0. The lowest BCUT2D eigenvalue weighted by molar-refractivity contribution is 1.36. The van der Waals surface area contributed by atoms with Crippen LogP contribution in [0.15, 0.2) is 75.6 Å². The van der Waals surface area contributed by atoms with Crippen LogP contribution in [0.1, 0.15) is 17.5 Å². The molecular weight excluding hydrogens is 262 g/mol. The van der Waals surface area contributed by atoms with Crippen LogP contribution in [0.4, 0.5) is 0 Å². The summed E-state index contributed by atoms with van der Waals surface area (Å²) >= 11 is 1.86. The third-order valence-electron chi connectivity index (χ3n) is 3.66. The molecule has 0 amide bonds. The zero-order valence-corrected chi connectivity index (χ0v) is 11.7. The van der Waals surface area contributed by atoms with Crippen LogP contribution >= 0.6 is 11.8 Å². The molecule has 0 saturated heterocycles. The summed E-state index contributed by atoms with van der Waals surface area (Å²) in [6, 6.07) is 17.3. The van der Waals surface area contributed by atoms with Gasteiger partial charge in [-0.15, -0.1) is 0 Å². The minimum absolute atomic E-state index is 0.883. The van der Waals surface area contributed by atoms with Gasteiger partial charge < -0.3 is 0 Å². The van der Waals surface area contributed by atoms with E-state index < -0.39 is 0 Å². The van der Waals surface area contributed by atoms with Gasteiger partial charge in [0.25, 0.3) is 0 Å². The molecule has 2 heterocycles. The van der Waals surface area contributed by atoms with Crippen molar-refractivity contribution in [2.75, 3.05) is 0 Å². The smallest absolute Gasteiger partial charge is 0.0270 e. The molecule has 0 fully saturated rings. The van der Waals surface area contributed by atoms with E-state index in [0.29, 0.717) is 0 Å². The number of hydrogen-bond acceptors (Lipinski definition) is 2. The third kappa shape index (κ3) is 1.84. The summed E-state index contributed by atoms with van der Waals surface area (Å²) in [5, 5.41) is 0. The van der Waals surface area contributed by atoms with Crippen LogP contribution < -0.4 is 0 Å². The highest BCUT2D eigenvalue weighted by molar-refractivity contribution is 7.99. The van der Waals surface area contributed by atoms with Crippen molar-refractivity contribution in [3.05, 3.63) is 71.9 Å². The first-order chi connectivity index (χ1) is 9.93. The second kappa shape index (κ2) is 4.80. The van der Waals surface area contributed by atoms with Crippen molar-refractivity contribution in [3.8, 4) is 0 Å². The fourth-order valence-corrected chi connectivity index (χ4v) is 3.86. The van der Waals surface area contributed by atoms with Gasteiger partial charge in [-0.2, -0.15) is 0 Å². The highest BCUT2D eigenvalue weighted by Gasteiger charge is 2.20. The number of benzene rings is 2. The molecule has 2 aliphatic heterocycles. The molecule has 0 atom stereocenters. The van der Waals surface area contributed by atoms with Crippen molar-refractivity contribution in [3.63, 3.8) is 0 Å². The van der Waals surface area contributed by atoms with Crippen molar-refractivity contribution in [1.82, 2.24) is 0 Å². The molecule has 0 unspecified atom stereocenters. The Labute approximate surface area is 122 Å². The lowest BCUT2D eigenvalue weighted by Crippen LogP contribution is -1.90. The predicted molar refractivity (Wildman–Crippen MR) is 86.1 cm³/mol. The zero-order chi connectivity index (χ0) is 13.4. The van der Waals surface area contributed by atoms with Crippen LogP contribution in [0, 0.1) is 0 Å². The van der Waals surface area contributed by atoms with Gasteiger partial charge in [0.1, 0.15) is 0 Å². The van der Waals surface area contributed by atoms with Gasteiger partial charge in [-0.3, -0.25) is 4.99 Å². The number of hydrogen-bond donors (Lipinski definition) is 0. The highest BCUT2D eigenvalue weighted by atomic mass is 32.2. The van der Waals surface area contributed by atoms with Gasteiger partial charge in [0.2, 0.25) is 0 Å². The molecule has 0 saturated carbocycles. The van der Waals surface area contributed by atoms with Crippen LogP contribution in [0.25, 0.3) is 11.1 Å². The van der Waals surface area contributed by atoms with E-state index in [9.17, 15) is 0 Å². The van der Waals surface area contributed by atoms with Crippen molar-refractivity contribution < 1.29 is 0 Å². The van der Waals surface area contributed by atoms with Gasteiger partial charge in [0.15, 0.2) is 0 Å². The summed E-state index contributed by atoms with van der Waals surface area (Å²) in [5.41, 5.74) is 5.32. The fraction of sp³-hybridized carbons (Fsp3) is 0.0556. The van der Waals surface area contributed by atoms with Gasteiger partial charge in [-0.25, -0.2) is 0 Å². The summed E-state index contributed by atoms with van der Waals surface area (Å²) in [5.74, 6) is 0. The molecule has 0 aromatic heterocycles. The van der Waals surface area contributed by atoms with Gasteiger partial charge in [0.05, 0.1) is 0 Å². The maximum atomic E-state index is 4.32. The third-order valence-corrected chi connectivity index (χ3v) is 4.81. The first kappa shape index (κ1) is 11.7. The van der Waals surface area contributed by atoms with Crippen LogP contribution in [-0.2, 0) is 0 Å². The van der Waals surface area contributed by atoms with Gasteiger partial charge in [-0.1, -0.05) is 48.2 Å². The molecule has 1 nitrogen and oxygen atoms in total. The Hall–Kier alpha value is -2.06. The van der Waals surface area contributed by atoms with E-state index in [-0.39, 0.29) is 0 Å². The Balaban J connectivity index is 2.07. The molecule has 2 aromatic carbocycles. The Kier molecular flexibility index (Phi) is 2.82. The van der Waals surface area contributed by atoms with E-state index in [4.69, 9.17) is 0 Å². The van der Waals surface area contributed by atoms with Crippen molar-refractivity contribution in [2.24, 2.45) is 4.99 Å². The Bertz CT molecular complexity index is 768. The van der Waals surface area contributed by atoms with Crippen molar-refractivity contribution >= 4 is 29.1 Å². The molecule has 2 aliphatic rings. The summed E-state index contributed by atoms with van der Waals surface area (Å²) in [7, 11) is 0. The minimum Gasteiger partial charge on any atom is -0.269 e. The Morgan fingerprint density at radius 3 is 2.40 bits per heavy atom. The number of rotatable bonds is 0. The van der Waals surface area contributed by atoms with E-state index in [1.807, 2.05) is 24.2 Å². The van der Waals surface area contributed by atoms with E-state index in [1.54, 1.807) is 0 Å². The highest BCUT2D eigenvalue weighted by Crippen LogP contribution is 2.45. The predicted octanol–water partition coefficient (Wildman–Crippen LogP) is 5.05. The largest absolute Gasteiger partial charge is 0.269 e. The molecule has 4 rings (SSSR count). The molecule has 96 valence electrons. The fourth-order valence-electron chi connectivity index (χ4n) is 2.74. The number of nitrogens with zero attached hydrogens (tertiary/aromatic N) is 1. The van der Waals surface area contributed by atoms with Crippen molar-refractivity contribution in [2.45, 2.75) is 16.2 Å². The topological polar surface area (TPSA) is 12.4 Å². The molecular formula is C18H13NS. The normalized spacial score (nSPS) is 16.0. The maximum absolute atomic E-state index is 4.32. The molecule has 2 heteroatoms. The first-order valence-electron chi connectivity index (χ1n) is 6.71. The average Bonchev–Trinajstić information content (AvgIpc) is 2.79. The number of fused-ring (bicyclic) bond motifs is 4. The summed E-state index contributed by atoms with van der Waals surface area (Å²) < 4.78 is 0. The summed E-state index contributed by atoms with van der Waals surface area (Å²) in [6.07, 6.45) is 6.92. The lowest BCUT2D eigenvalue weighted by Gasteiger charge is -2.10. The minimum atomic E-state index is 0.883. The van der Waals surface area contributed by atoms with Gasteiger partial charge >= 0.3 is 0 Å².